The van der Waals surface area contributed by atoms with Crippen molar-refractivity contribution < 1.29 is 9.59 Å². The molecule has 2 amide bonds. The number of nitrogens with zero attached hydrogens (tertiary/aromatic N) is 2. The summed E-state index contributed by atoms with van der Waals surface area (Å²) >= 11 is 3.86. The van der Waals surface area contributed by atoms with Crippen LogP contribution in [-0.2, 0) is 4.79 Å². The van der Waals surface area contributed by atoms with Crippen molar-refractivity contribution in [2.24, 2.45) is 5.73 Å². The maximum atomic E-state index is 13.4. The molecule has 1 aromatic carbocycles. The largest absolute Gasteiger partial charge is 0.366 e. The molecule has 10 heteroatoms. The van der Waals surface area contributed by atoms with Crippen LogP contribution in [0.2, 0.25) is 0 Å². The van der Waals surface area contributed by atoms with E-state index in [-0.39, 0.29) is 22.8 Å². The third kappa shape index (κ3) is 4.14. The number of rotatable bonds is 6. The van der Waals surface area contributed by atoms with E-state index in [1.807, 2.05) is 44.2 Å². The van der Waals surface area contributed by atoms with E-state index in [1.165, 1.54) is 34.4 Å². The normalized spacial score (nSPS) is 11.0. The van der Waals surface area contributed by atoms with Crippen LogP contribution < -0.4 is 16.6 Å². The highest BCUT2D eigenvalue weighted by Crippen LogP contribution is 2.30. The van der Waals surface area contributed by atoms with Gasteiger partial charge in [-0.05, 0) is 43.0 Å². The fraction of sp³-hybridized carbons (Fsp3) is 0.143. The number of carbonyl (C=O) groups is 2. The molecule has 3 heterocycles. The van der Waals surface area contributed by atoms with E-state index in [9.17, 15) is 14.4 Å². The summed E-state index contributed by atoms with van der Waals surface area (Å²) in [7, 11) is 0. The van der Waals surface area contributed by atoms with Gasteiger partial charge in [0.25, 0.3) is 11.5 Å². The molecule has 0 aliphatic carbocycles. The molecule has 0 aliphatic heterocycles. The predicted molar refractivity (Wildman–Crippen MR) is 127 cm³/mol. The first-order valence-electron chi connectivity index (χ1n) is 9.25. The fourth-order valence-electron chi connectivity index (χ4n) is 3.07. The highest BCUT2D eigenvalue weighted by molar-refractivity contribution is 7.99. The Morgan fingerprint density at radius 3 is 2.65 bits per heavy atom. The lowest BCUT2D eigenvalue weighted by Gasteiger charge is -2.12. The molecular weight excluding hydrogens is 452 g/mol. The van der Waals surface area contributed by atoms with Crippen LogP contribution in [0.1, 0.15) is 20.8 Å². The van der Waals surface area contributed by atoms with Crippen molar-refractivity contribution >= 4 is 61.5 Å². The number of fused-ring (bicyclic) bond motifs is 1. The molecular formula is C21H18N4O3S3. The van der Waals surface area contributed by atoms with Gasteiger partial charge in [-0.1, -0.05) is 30.0 Å². The van der Waals surface area contributed by atoms with Gasteiger partial charge in [-0.2, -0.15) is 0 Å². The van der Waals surface area contributed by atoms with Gasteiger partial charge in [-0.15, -0.1) is 22.7 Å². The van der Waals surface area contributed by atoms with E-state index in [0.29, 0.717) is 26.1 Å². The van der Waals surface area contributed by atoms with E-state index in [4.69, 9.17) is 10.7 Å². The van der Waals surface area contributed by atoms with E-state index < -0.39 is 5.91 Å². The number of benzene rings is 1. The lowest BCUT2D eigenvalue weighted by molar-refractivity contribution is -0.113. The van der Waals surface area contributed by atoms with Crippen molar-refractivity contribution in [3.8, 4) is 5.69 Å². The Balaban J connectivity index is 1.68. The first kappa shape index (κ1) is 21.3. The number of nitrogens with one attached hydrogen (secondary N) is 1. The Kier molecular flexibility index (Phi) is 5.94. The minimum absolute atomic E-state index is 0.0181. The number of thioether (sulfide) groups is 1. The summed E-state index contributed by atoms with van der Waals surface area (Å²) in [6.45, 7) is 3.88. The maximum absolute atomic E-state index is 13.4. The number of amides is 2. The Morgan fingerprint density at radius 1 is 1.19 bits per heavy atom. The van der Waals surface area contributed by atoms with Crippen molar-refractivity contribution in [2.45, 2.75) is 19.0 Å². The summed E-state index contributed by atoms with van der Waals surface area (Å²) in [5, 5.41) is 5.84. The van der Waals surface area contributed by atoms with E-state index in [2.05, 4.69) is 5.32 Å². The molecule has 0 bridgehead atoms. The molecule has 0 aliphatic rings. The summed E-state index contributed by atoms with van der Waals surface area (Å²) < 4.78 is 1.54. The molecule has 0 atom stereocenters. The molecule has 4 aromatic rings. The van der Waals surface area contributed by atoms with Gasteiger partial charge in [0.15, 0.2) is 5.16 Å². The van der Waals surface area contributed by atoms with Crippen LogP contribution in [0.4, 0.5) is 5.00 Å². The van der Waals surface area contributed by atoms with Gasteiger partial charge >= 0.3 is 0 Å². The average molecular weight is 471 g/mol. The van der Waals surface area contributed by atoms with Crippen molar-refractivity contribution in [3.63, 3.8) is 0 Å². The Bertz CT molecular complexity index is 1360. The summed E-state index contributed by atoms with van der Waals surface area (Å²) in [6.07, 6.45) is 0. The lowest BCUT2D eigenvalue weighted by Crippen LogP contribution is -2.23. The molecule has 7 nitrogen and oxygen atoms in total. The van der Waals surface area contributed by atoms with Crippen molar-refractivity contribution in [1.82, 2.24) is 9.55 Å². The minimum Gasteiger partial charge on any atom is -0.366 e. The van der Waals surface area contributed by atoms with Crippen molar-refractivity contribution in [1.29, 1.82) is 0 Å². The van der Waals surface area contributed by atoms with E-state index in [1.54, 1.807) is 16.0 Å². The highest BCUT2D eigenvalue weighted by atomic mass is 32.2. The first-order chi connectivity index (χ1) is 14.9. The molecule has 0 radical (unpaired) electrons. The second-order valence-electron chi connectivity index (χ2n) is 6.70. The van der Waals surface area contributed by atoms with Gasteiger partial charge in [0.1, 0.15) is 9.83 Å². The second kappa shape index (κ2) is 8.66. The fourth-order valence-corrected chi connectivity index (χ4v) is 5.76. The number of primary amides is 1. The van der Waals surface area contributed by atoms with Gasteiger partial charge in [0, 0.05) is 4.88 Å². The zero-order valence-electron chi connectivity index (χ0n) is 16.7. The third-order valence-electron chi connectivity index (χ3n) is 4.70. The Labute approximate surface area is 189 Å². The van der Waals surface area contributed by atoms with Crippen LogP contribution >= 0.6 is 34.4 Å². The van der Waals surface area contributed by atoms with Crippen LogP contribution in [0.5, 0.6) is 0 Å². The number of hydrogen-bond acceptors (Lipinski definition) is 7. The number of hydrogen-bond donors (Lipinski definition) is 2. The molecule has 31 heavy (non-hydrogen) atoms. The minimum atomic E-state index is -0.599. The van der Waals surface area contributed by atoms with Crippen molar-refractivity contribution in [3.05, 3.63) is 68.1 Å². The first-order valence-corrected chi connectivity index (χ1v) is 11.9. The SMILES string of the molecule is Cc1sc2nc(SCC(=O)Nc3sccc3C(N)=O)n(-c3ccccc3)c(=O)c2c1C. The van der Waals surface area contributed by atoms with E-state index in [0.717, 1.165) is 10.4 Å². The van der Waals surface area contributed by atoms with Crippen LogP contribution in [0.25, 0.3) is 15.9 Å². The zero-order valence-corrected chi connectivity index (χ0v) is 19.1. The lowest BCUT2D eigenvalue weighted by atomic mass is 10.2. The summed E-state index contributed by atoms with van der Waals surface area (Å²) in [5.74, 6) is -0.898. The standard InChI is InChI=1S/C21H18N4O3S3/c1-11-12(2)31-19-16(11)20(28)25(13-6-4-3-5-7-13)21(24-19)30-10-15(26)23-18-14(17(22)27)8-9-29-18/h3-9H,10H2,1-2H3,(H2,22,27)(H,23,26). The monoisotopic (exact) mass is 470 g/mol. The van der Waals surface area contributed by atoms with Gasteiger partial charge in [0.2, 0.25) is 5.91 Å². The molecule has 0 fully saturated rings. The van der Waals surface area contributed by atoms with Gasteiger partial charge < -0.3 is 11.1 Å². The van der Waals surface area contributed by atoms with Crippen LogP contribution in [-0.4, -0.2) is 27.1 Å². The number of anilines is 1. The Hall–Kier alpha value is -2.95. The topological polar surface area (TPSA) is 107 Å². The number of thiophene rings is 2. The highest BCUT2D eigenvalue weighted by Gasteiger charge is 2.19. The Morgan fingerprint density at radius 2 is 1.94 bits per heavy atom. The smallest absolute Gasteiger partial charge is 0.267 e. The van der Waals surface area contributed by atoms with Crippen LogP contribution in [0.3, 0.4) is 0 Å². The third-order valence-corrected chi connectivity index (χ3v) is 7.57. The second-order valence-corrected chi connectivity index (χ2v) is 9.76. The summed E-state index contributed by atoms with van der Waals surface area (Å²) in [5.41, 5.74) is 7.05. The molecule has 158 valence electrons. The van der Waals surface area contributed by atoms with Crippen LogP contribution in [0, 0.1) is 13.8 Å². The number of para-hydroxylation sites is 1. The quantitative estimate of drug-likeness (QED) is 0.328. The summed E-state index contributed by atoms with van der Waals surface area (Å²) in [4.78, 5) is 43.8. The van der Waals surface area contributed by atoms with Gasteiger partial charge in [0.05, 0.1) is 22.4 Å². The predicted octanol–water partition coefficient (Wildman–Crippen LogP) is 3.96. The molecule has 3 N–H and O–H groups in total. The van der Waals surface area contributed by atoms with Gasteiger partial charge in [-0.3, -0.25) is 19.0 Å². The number of nitrogens with two attached hydrogens (primary N) is 1. The van der Waals surface area contributed by atoms with Gasteiger partial charge in [-0.25, -0.2) is 4.98 Å². The maximum Gasteiger partial charge on any atom is 0.267 e. The molecule has 4 rings (SSSR count). The molecule has 0 saturated heterocycles. The summed E-state index contributed by atoms with van der Waals surface area (Å²) in [6, 6.07) is 10.8. The molecule has 0 spiro atoms. The average Bonchev–Trinajstić information content (AvgIpc) is 3.31. The van der Waals surface area contributed by atoms with Crippen molar-refractivity contribution in [2.75, 3.05) is 11.1 Å². The number of aryl methyl sites for hydroxylation is 2. The molecule has 0 saturated carbocycles. The molecule has 0 unspecified atom stereocenters. The number of carbonyl (C=O) groups excluding carboxylic acids is 2. The zero-order chi connectivity index (χ0) is 22.1. The van der Waals surface area contributed by atoms with Crippen LogP contribution in [0.15, 0.2) is 51.7 Å². The molecule has 3 aromatic heterocycles. The van der Waals surface area contributed by atoms with E-state index >= 15 is 0 Å². The number of aromatic nitrogens is 2.